The summed E-state index contributed by atoms with van der Waals surface area (Å²) in [6.45, 7) is 7.66. The summed E-state index contributed by atoms with van der Waals surface area (Å²) >= 11 is 0. The second-order valence-electron chi connectivity index (χ2n) is 6.77. The minimum absolute atomic E-state index is 0.0718. The largest absolute Gasteiger partial charge is 0.383 e. The summed E-state index contributed by atoms with van der Waals surface area (Å²) in [6.07, 6.45) is -1.05. The van der Waals surface area contributed by atoms with Crippen molar-refractivity contribution in [3.8, 4) is 0 Å². The zero-order chi connectivity index (χ0) is 17.8. The van der Waals surface area contributed by atoms with E-state index in [0.717, 1.165) is 0 Å². The van der Waals surface area contributed by atoms with Gasteiger partial charge in [0, 0.05) is 29.8 Å². The van der Waals surface area contributed by atoms with Crippen LogP contribution in [0.2, 0.25) is 0 Å². The van der Waals surface area contributed by atoms with Crippen molar-refractivity contribution >= 4 is 5.78 Å². The summed E-state index contributed by atoms with van der Waals surface area (Å²) in [7, 11) is 0. The average molecular weight is 328 g/mol. The third-order valence-corrected chi connectivity index (χ3v) is 4.38. The Morgan fingerprint density at radius 3 is 2.38 bits per heavy atom. The molecule has 0 fully saturated rings. The molecule has 2 aromatic heterocycles. The molecule has 1 atom stereocenters. The number of aliphatic hydroxyl groups is 1. The number of carbonyl (C=O) groups excluding carboxylic acids is 1. The summed E-state index contributed by atoms with van der Waals surface area (Å²) in [5.74, 6) is -0.273. The van der Waals surface area contributed by atoms with Crippen LogP contribution in [0.5, 0.6) is 0 Å². The Hall–Kier alpha value is -2.47. The maximum absolute atomic E-state index is 13.0. The van der Waals surface area contributed by atoms with E-state index in [2.05, 4.69) is 4.98 Å². The number of aryl methyl sites for hydroxylation is 2. The average Bonchev–Trinajstić information content (AvgIpc) is 2.46. The normalized spacial score (nSPS) is 16.2. The van der Waals surface area contributed by atoms with Crippen LogP contribution in [0.15, 0.2) is 21.7 Å². The Balaban J connectivity index is 2.39. The first-order valence-corrected chi connectivity index (χ1v) is 7.93. The van der Waals surface area contributed by atoms with Crippen molar-refractivity contribution < 1.29 is 9.90 Å². The smallest absolute Gasteiger partial charge is 0.251 e. The molecule has 2 heterocycles. The van der Waals surface area contributed by atoms with Crippen LogP contribution in [0.25, 0.3) is 0 Å². The van der Waals surface area contributed by atoms with E-state index in [1.807, 2.05) is 13.8 Å². The Labute approximate surface area is 138 Å². The lowest BCUT2D eigenvalue weighted by Gasteiger charge is -2.29. The summed E-state index contributed by atoms with van der Waals surface area (Å²) in [4.78, 5) is 39.7. The highest BCUT2D eigenvalue weighted by Gasteiger charge is 2.36. The number of aromatic nitrogens is 2. The highest BCUT2D eigenvalue weighted by atomic mass is 16.3. The number of hydrogen-bond donors (Lipinski definition) is 2. The van der Waals surface area contributed by atoms with Crippen LogP contribution in [-0.2, 0) is 6.54 Å². The molecule has 0 saturated carbocycles. The first-order chi connectivity index (χ1) is 11.2. The van der Waals surface area contributed by atoms with Gasteiger partial charge >= 0.3 is 0 Å². The zero-order valence-electron chi connectivity index (χ0n) is 14.1. The fourth-order valence-corrected chi connectivity index (χ4v) is 3.41. The van der Waals surface area contributed by atoms with E-state index < -0.39 is 17.4 Å². The number of nitrogens with one attached hydrogen (secondary N) is 1. The predicted molar refractivity (Wildman–Crippen MR) is 89.6 cm³/mol. The number of fused-ring (bicyclic) bond motifs is 2. The molecule has 0 bridgehead atoms. The van der Waals surface area contributed by atoms with Crippen LogP contribution < -0.4 is 11.1 Å². The van der Waals surface area contributed by atoms with Gasteiger partial charge in [0.1, 0.15) is 11.8 Å². The monoisotopic (exact) mass is 328 g/mol. The van der Waals surface area contributed by atoms with Gasteiger partial charge in [-0.2, -0.15) is 0 Å². The molecule has 0 spiro atoms. The molecule has 0 aromatic carbocycles. The number of carbonyl (C=O) groups is 1. The second-order valence-corrected chi connectivity index (χ2v) is 6.77. The lowest BCUT2D eigenvalue weighted by atomic mass is 9.84. The van der Waals surface area contributed by atoms with Gasteiger partial charge in [0.25, 0.3) is 5.56 Å². The minimum Gasteiger partial charge on any atom is -0.383 e. The van der Waals surface area contributed by atoms with Crippen molar-refractivity contribution in [1.82, 2.24) is 9.55 Å². The van der Waals surface area contributed by atoms with Crippen molar-refractivity contribution in [3.05, 3.63) is 66.5 Å². The van der Waals surface area contributed by atoms with Crippen molar-refractivity contribution in [2.75, 3.05) is 0 Å². The third-order valence-electron chi connectivity index (χ3n) is 4.38. The van der Waals surface area contributed by atoms with Gasteiger partial charge in [-0.05, 0) is 30.9 Å². The summed E-state index contributed by atoms with van der Waals surface area (Å²) in [5.41, 5.74) is 1.55. The first-order valence-electron chi connectivity index (χ1n) is 7.93. The van der Waals surface area contributed by atoms with Crippen LogP contribution in [0, 0.1) is 19.8 Å². The maximum atomic E-state index is 13.0. The SMILES string of the molecule is Cc1cc(=O)[nH]c2c1C(O)c1c(C)cc(=O)n(CC(C)C)c1C2=O. The molecule has 0 amide bonds. The quantitative estimate of drug-likeness (QED) is 0.872. The van der Waals surface area contributed by atoms with Gasteiger partial charge in [0.05, 0.1) is 5.69 Å². The topological polar surface area (TPSA) is 92.2 Å². The van der Waals surface area contributed by atoms with Crippen LogP contribution >= 0.6 is 0 Å². The number of aliphatic hydroxyl groups excluding tert-OH is 1. The van der Waals surface area contributed by atoms with Gasteiger partial charge in [-0.25, -0.2) is 0 Å². The summed E-state index contributed by atoms with van der Waals surface area (Å²) < 4.78 is 1.40. The van der Waals surface area contributed by atoms with Gasteiger partial charge in [0.15, 0.2) is 0 Å². The fourth-order valence-electron chi connectivity index (χ4n) is 3.41. The molecule has 6 nitrogen and oxygen atoms in total. The van der Waals surface area contributed by atoms with Crippen molar-refractivity contribution in [2.45, 2.75) is 40.3 Å². The van der Waals surface area contributed by atoms with Gasteiger partial charge in [-0.15, -0.1) is 0 Å². The van der Waals surface area contributed by atoms with Crippen molar-refractivity contribution in [2.24, 2.45) is 5.92 Å². The van der Waals surface area contributed by atoms with Crippen molar-refractivity contribution in [3.63, 3.8) is 0 Å². The maximum Gasteiger partial charge on any atom is 0.251 e. The number of aromatic amines is 1. The first kappa shape index (κ1) is 16.4. The van der Waals surface area contributed by atoms with E-state index in [4.69, 9.17) is 0 Å². The minimum atomic E-state index is -1.05. The highest BCUT2D eigenvalue weighted by molar-refractivity contribution is 6.10. The molecular weight excluding hydrogens is 308 g/mol. The third kappa shape index (κ3) is 2.34. The number of H-pyrrole nitrogens is 1. The van der Waals surface area contributed by atoms with Crippen LogP contribution in [0.3, 0.4) is 0 Å². The van der Waals surface area contributed by atoms with E-state index in [9.17, 15) is 19.5 Å². The van der Waals surface area contributed by atoms with Crippen LogP contribution in [-0.4, -0.2) is 20.4 Å². The fraction of sp³-hybridized carbons (Fsp3) is 0.389. The molecule has 2 N–H and O–H groups in total. The number of pyridine rings is 2. The van der Waals surface area contributed by atoms with Gasteiger partial charge in [0.2, 0.25) is 11.3 Å². The van der Waals surface area contributed by atoms with Crippen molar-refractivity contribution in [1.29, 1.82) is 0 Å². The molecule has 24 heavy (non-hydrogen) atoms. The van der Waals surface area contributed by atoms with Gasteiger partial charge in [-0.1, -0.05) is 13.8 Å². The molecule has 126 valence electrons. The molecule has 0 saturated heterocycles. The molecule has 3 rings (SSSR count). The highest BCUT2D eigenvalue weighted by Crippen LogP contribution is 2.36. The van der Waals surface area contributed by atoms with E-state index in [0.29, 0.717) is 28.8 Å². The van der Waals surface area contributed by atoms with E-state index in [-0.39, 0.29) is 22.9 Å². The molecule has 1 aliphatic carbocycles. The van der Waals surface area contributed by atoms with Crippen LogP contribution in [0.1, 0.15) is 58.4 Å². The summed E-state index contributed by atoms with van der Waals surface area (Å²) in [6, 6.07) is 2.81. The van der Waals surface area contributed by atoms with Crippen LogP contribution in [0.4, 0.5) is 0 Å². The predicted octanol–water partition coefficient (Wildman–Crippen LogP) is 1.44. The van der Waals surface area contributed by atoms with Gasteiger partial charge < -0.3 is 14.7 Å². The molecule has 2 aromatic rings. The summed E-state index contributed by atoms with van der Waals surface area (Å²) in [5, 5.41) is 10.8. The number of nitrogens with zero attached hydrogens (tertiary/aromatic N) is 1. The Morgan fingerprint density at radius 2 is 1.75 bits per heavy atom. The number of hydrogen-bond acceptors (Lipinski definition) is 4. The van der Waals surface area contributed by atoms with E-state index >= 15 is 0 Å². The molecule has 0 radical (unpaired) electrons. The Kier molecular flexibility index (Phi) is 3.80. The molecule has 1 unspecified atom stereocenters. The zero-order valence-corrected chi connectivity index (χ0v) is 14.1. The second kappa shape index (κ2) is 5.56. The molecular formula is C18H20N2O4. The molecule has 0 aliphatic heterocycles. The lowest BCUT2D eigenvalue weighted by molar-refractivity contribution is 0.0994. The van der Waals surface area contributed by atoms with E-state index in [1.54, 1.807) is 13.8 Å². The Morgan fingerprint density at radius 1 is 1.12 bits per heavy atom. The van der Waals surface area contributed by atoms with Gasteiger partial charge in [-0.3, -0.25) is 14.4 Å². The molecule has 1 aliphatic rings. The standard InChI is InChI=1S/C18H20N2O4/c1-8(2)7-20-12(22)6-10(4)14-16(20)18(24)15-13(17(14)23)9(3)5-11(21)19-15/h5-6,8,17,23H,7H2,1-4H3,(H,19,21). The van der Waals surface area contributed by atoms with E-state index in [1.165, 1.54) is 16.7 Å². The Bertz CT molecular complexity index is 966. The number of ketones is 1. The molecule has 6 heteroatoms. The lowest BCUT2D eigenvalue weighted by Crippen LogP contribution is -2.35. The number of rotatable bonds is 2.